The number of aromatic nitrogens is 1. The lowest BCUT2D eigenvalue weighted by molar-refractivity contribution is -0.393. The molecule has 1 aromatic heterocycles. The highest BCUT2D eigenvalue weighted by Crippen LogP contribution is 2.38. The zero-order valence-corrected chi connectivity index (χ0v) is 10.2. The molecule has 1 rings (SSSR count). The Hall–Kier alpha value is -1.27. The Morgan fingerprint density at radius 1 is 1.44 bits per heavy atom. The summed E-state index contributed by atoms with van der Waals surface area (Å²) in [4.78, 5) is 12.1. The van der Waals surface area contributed by atoms with Gasteiger partial charge in [0.05, 0.1) is 9.13 Å². The standard InChI is InChI=1S/C7H2F5IN2O3/c8-5(9)2-1-14-6(15(16)17)4(3(2)13)18-7(10,11)12/h1,5H. The fourth-order valence-corrected chi connectivity index (χ4v) is 1.69. The monoisotopic (exact) mass is 384 g/mol. The molecule has 0 N–H and O–H groups in total. The predicted octanol–water partition coefficient (Wildman–Crippen LogP) is 3.43. The maximum atomic E-state index is 12.4. The molecule has 0 unspecified atom stereocenters. The lowest BCUT2D eigenvalue weighted by atomic mass is 10.3. The van der Waals surface area contributed by atoms with Crippen LogP contribution in [-0.4, -0.2) is 16.3 Å². The molecule has 11 heteroatoms. The van der Waals surface area contributed by atoms with Crippen molar-refractivity contribution in [3.63, 3.8) is 0 Å². The van der Waals surface area contributed by atoms with Gasteiger partial charge in [0.25, 0.3) is 6.43 Å². The first-order valence-corrected chi connectivity index (χ1v) is 5.08. The molecule has 0 amide bonds. The molecule has 0 aliphatic carbocycles. The Morgan fingerprint density at radius 2 is 2.00 bits per heavy atom. The fourth-order valence-electron chi connectivity index (χ4n) is 0.964. The van der Waals surface area contributed by atoms with Crippen LogP contribution >= 0.6 is 22.6 Å². The van der Waals surface area contributed by atoms with Crippen LogP contribution in [0.5, 0.6) is 5.75 Å². The van der Waals surface area contributed by atoms with Crippen LogP contribution in [-0.2, 0) is 0 Å². The molecular weight excluding hydrogens is 382 g/mol. The van der Waals surface area contributed by atoms with Gasteiger partial charge in [-0.1, -0.05) is 0 Å². The zero-order chi connectivity index (χ0) is 14.1. The Morgan fingerprint density at radius 3 is 2.39 bits per heavy atom. The van der Waals surface area contributed by atoms with E-state index in [-0.39, 0.29) is 0 Å². The van der Waals surface area contributed by atoms with Crippen LogP contribution in [0, 0.1) is 13.7 Å². The zero-order valence-electron chi connectivity index (χ0n) is 8.04. The molecule has 18 heavy (non-hydrogen) atoms. The molecule has 0 atom stereocenters. The molecule has 0 aliphatic heterocycles. The van der Waals surface area contributed by atoms with E-state index in [1.807, 2.05) is 0 Å². The van der Waals surface area contributed by atoms with Crippen LogP contribution in [0.2, 0.25) is 0 Å². The van der Waals surface area contributed by atoms with E-state index in [0.29, 0.717) is 6.20 Å². The first kappa shape index (κ1) is 14.8. The van der Waals surface area contributed by atoms with Crippen molar-refractivity contribution in [2.75, 3.05) is 0 Å². The van der Waals surface area contributed by atoms with Crippen molar-refractivity contribution in [2.24, 2.45) is 0 Å². The topological polar surface area (TPSA) is 65.3 Å². The molecule has 5 nitrogen and oxygen atoms in total. The summed E-state index contributed by atoms with van der Waals surface area (Å²) in [6.07, 6.45) is -7.93. The minimum absolute atomic E-state index is 0.438. The van der Waals surface area contributed by atoms with E-state index >= 15 is 0 Å². The van der Waals surface area contributed by atoms with Crippen LogP contribution in [0.3, 0.4) is 0 Å². The maximum Gasteiger partial charge on any atom is 0.573 e. The number of nitro groups is 1. The average molecular weight is 384 g/mol. The molecule has 0 fully saturated rings. The molecule has 0 spiro atoms. The van der Waals surface area contributed by atoms with Gasteiger partial charge in [-0.05, 0) is 32.5 Å². The van der Waals surface area contributed by atoms with Gasteiger partial charge >= 0.3 is 12.2 Å². The summed E-state index contributed by atoms with van der Waals surface area (Å²) in [5.41, 5.74) is -0.875. The highest BCUT2D eigenvalue weighted by molar-refractivity contribution is 14.1. The summed E-state index contributed by atoms with van der Waals surface area (Å²) < 4.78 is 63.6. The van der Waals surface area contributed by atoms with Gasteiger partial charge in [-0.25, -0.2) is 8.78 Å². The van der Waals surface area contributed by atoms with Crippen molar-refractivity contribution >= 4 is 28.4 Å². The molecule has 0 aromatic carbocycles. The number of hydrogen-bond acceptors (Lipinski definition) is 4. The second kappa shape index (κ2) is 5.16. The number of hydrogen-bond donors (Lipinski definition) is 0. The van der Waals surface area contributed by atoms with Crippen LogP contribution < -0.4 is 4.74 Å². The van der Waals surface area contributed by atoms with Crippen LogP contribution in [0.4, 0.5) is 27.8 Å². The summed E-state index contributed by atoms with van der Waals surface area (Å²) in [7, 11) is 0. The van der Waals surface area contributed by atoms with E-state index in [0.717, 1.165) is 22.6 Å². The third-order valence-corrected chi connectivity index (χ3v) is 2.72. The van der Waals surface area contributed by atoms with Gasteiger partial charge in [-0.15, -0.1) is 13.2 Å². The summed E-state index contributed by atoms with van der Waals surface area (Å²) >= 11 is 1.11. The van der Waals surface area contributed by atoms with Gasteiger partial charge < -0.3 is 14.9 Å². The van der Waals surface area contributed by atoms with Crippen molar-refractivity contribution in [1.29, 1.82) is 0 Å². The van der Waals surface area contributed by atoms with Gasteiger partial charge in [0, 0.05) is 0 Å². The van der Waals surface area contributed by atoms with Crippen molar-refractivity contribution in [1.82, 2.24) is 4.98 Å². The number of rotatable bonds is 3. The van der Waals surface area contributed by atoms with Crippen LogP contribution in [0.15, 0.2) is 6.20 Å². The van der Waals surface area contributed by atoms with E-state index in [9.17, 15) is 32.1 Å². The number of ether oxygens (including phenoxy) is 1. The second-order valence-electron chi connectivity index (χ2n) is 2.79. The number of halogens is 6. The Balaban J connectivity index is 3.41. The smallest absolute Gasteiger partial charge is 0.395 e. The molecule has 0 radical (unpaired) electrons. The third kappa shape index (κ3) is 3.36. The van der Waals surface area contributed by atoms with Gasteiger partial charge in [-0.3, -0.25) is 0 Å². The number of pyridine rings is 1. The van der Waals surface area contributed by atoms with Gasteiger partial charge in [0.2, 0.25) is 5.75 Å². The lowest BCUT2D eigenvalue weighted by Gasteiger charge is -2.11. The van der Waals surface area contributed by atoms with Crippen molar-refractivity contribution < 1.29 is 31.6 Å². The largest absolute Gasteiger partial charge is 0.573 e. The van der Waals surface area contributed by atoms with Gasteiger partial charge in [-0.2, -0.15) is 0 Å². The molecule has 0 bridgehead atoms. The Bertz CT molecular complexity index is 479. The fraction of sp³-hybridized carbons (Fsp3) is 0.286. The Labute approximate surface area is 109 Å². The highest BCUT2D eigenvalue weighted by Gasteiger charge is 2.38. The number of alkyl halides is 5. The van der Waals surface area contributed by atoms with Crippen LogP contribution in [0.1, 0.15) is 12.0 Å². The lowest BCUT2D eigenvalue weighted by Crippen LogP contribution is -2.19. The van der Waals surface area contributed by atoms with E-state index in [4.69, 9.17) is 0 Å². The van der Waals surface area contributed by atoms with Crippen molar-refractivity contribution in [3.8, 4) is 5.75 Å². The van der Waals surface area contributed by atoms with Gasteiger partial charge in [0.15, 0.2) is 6.20 Å². The minimum atomic E-state index is -5.24. The first-order valence-electron chi connectivity index (χ1n) is 4.00. The predicted molar refractivity (Wildman–Crippen MR) is 55.2 cm³/mol. The Kier molecular flexibility index (Phi) is 4.24. The summed E-state index contributed by atoms with van der Waals surface area (Å²) in [5.74, 6) is -2.62. The first-order chi connectivity index (χ1) is 8.13. The van der Waals surface area contributed by atoms with Crippen molar-refractivity contribution in [3.05, 3.63) is 25.4 Å². The summed E-state index contributed by atoms with van der Waals surface area (Å²) in [5, 5.41) is 10.4. The molecule has 0 aliphatic rings. The quantitative estimate of drug-likeness (QED) is 0.347. The molecule has 0 saturated heterocycles. The van der Waals surface area contributed by atoms with E-state index in [1.165, 1.54) is 0 Å². The van der Waals surface area contributed by atoms with E-state index < -0.39 is 38.4 Å². The van der Waals surface area contributed by atoms with Crippen molar-refractivity contribution in [2.45, 2.75) is 12.8 Å². The van der Waals surface area contributed by atoms with Gasteiger partial charge in [0.1, 0.15) is 0 Å². The maximum absolute atomic E-state index is 12.4. The SMILES string of the molecule is O=[N+]([O-])c1ncc(C(F)F)c(I)c1OC(F)(F)F. The minimum Gasteiger partial charge on any atom is -0.395 e. The second-order valence-corrected chi connectivity index (χ2v) is 3.86. The van der Waals surface area contributed by atoms with E-state index in [1.54, 1.807) is 0 Å². The normalized spacial score (nSPS) is 11.7. The average Bonchev–Trinajstić information content (AvgIpc) is 2.17. The highest BCUT2D eigenvalue weighted by atomic mass is 127. The number of nitrogens with zero attached hydrogens (tertiary/aromatic N) is 2. The third-order valence-electron chi connectivity index (χ3n) is 1.61. The molecular formula is C7H2F5IN2O3. The van der Waals surface area contributed by atoms with Crippen LogP contribution in [0.25, 0.3) is 0 Å². The molecule has 0 saturated carbocycles. The van der Waals surface area contributed by atoms with E-state index in [2.05, 4.69) is 9.72 Å². The molecule has 100 valence electrons. The summed E-state index contributed by atoms with van der Waals surface area (Å²) in [6.45, 7) is 0. The summed E-state index contributed by atoms with van der Waals surface area (Å²) in [6, 6.07) is 0. The molecule has 1 heterocycles. The molecule has 1 aromatic rings.